The lowest BCUT2D eigenvalue weighted by Crippen LogP contribution is -2.43. The van der Waals surface area contributed by atoms with Gasteiger partial charge in [-0.15, -0.1) is 0 Å². The van der Waals surface area contributed by atoms with Crippen molar-refractivity contribution in [2.75, 3.05) is 31.1 Å². The maximum atomic E-state index is 6.19. The zero-order valence-corrected chi connectivity index (χ0v) is 14.4. The second-order valence-corrected chi connectivity index (χ2v) is 6.57. The van der Waals surface area contributed by atoms with Gasteiger partial charge in [0.1, 0.15) is 11.3 Å². The molecule has 26 heavy (non-hydrogen) atoms. The SMILES string of the molecule is c1cc(-c2cc[nH]c2)c2oc(-c3ccc(N4CCNCC4)cc3)cc2n1. The zero-order valence-electron chi connectivity index (χ0n) is 14.4. The molecule has 3 aromatic heterocycles. The quantitative estimate of drug-likeness (QED) is 0.592. The predicted molar refractivity (Wildman–Crippen MR) is 104 cm³/mol. The highest BCUT2D eigenvalue weighted by Gasteiger charge is 2.14. The first-order chi connectivity index (χ1) is 12.9. The Hall–Kier alpha value is -3.05. The summed E-state index contributed by atoms with van der Waals surface area (Å²) in [6.45, 7) is 4.18. The average Bonchev–Trinajstić information content (AvgIpc) is 3.38. The molecule has 0 aliphatic carbocycles. The van der Waals surface area contributed by atoms with Crippen LogP contribution in [0.15, 0.2) is 65.5 Å². The van der Waals surface area contributed by atoms with Crippen LogP contribution in [-0.2, 0) is 0 Å². The summed E-state index contributed by atoms with van der Waals surface area (Å²) in [7, 11) is 0. The topological polar surface area (TPSA) is 57.1 Å². The highest BCUT2D eigenvalue weighted by atomic mass is 16.3. The minimum Gasteiger partial charge on any atom is -0.454 e. The van der Waals surface area contributed by atoms with Gasteiger partial charge in [0.05, 0.1) is 0 Å². The molecular formula is C21H20N4O. The number of benzene rings is 1. The van der Waals surface area contributed by atoms with Crippen LogP contribution in [0.2, 0.25) is 0 Å². The molecule has 0 spiro atoms. The van der Waals surface area contributed by atoms with Crippen LogP contribution in [0.1, 0.15) is 0 Å². The van der Waals surface area contributed by atoms with Crippen molar-refractivity contribution in [2.24, 2.45) is 0 Å². The van der Waals surface area contributed by atoms with Crippen molar-refractivity contribution in [1.82, 2.24) is 15.3 Å². The molecule has 5 heteroatoms. The fourth-order valence-electron chi connectivity index (χ4n) is 3.56. The van der Waals surface area contributed by atoms with E-state index in [9.17, 15) is 0 Å². The van der Waals surface area contributed by atoms with Crippen molar-refractivity contribution in [3.63, 3.8) is 0 Å². The van der Waals surface area contributed by atoms with Gasteiger partial charge in [-0.1, -0.05) is 0 Å². The lowest BCUT2D eigenvalue weighted by molar-refractivity contribution is 0.589. The first-order valence-electron chi connectivity index (χ1n) is 8.96. The summed E-state index contributed by atoms with van der Waals surface area (Å²) < 4.78 is 6.19. The van der Waals surface area contributed by atoms with E-state index < -0.39 is 0 Å². The highest BCUT2D eigenvalue weighted by Crippen LogP contribution is 2.34. The number of rotatable bonds is 3. The van der Waals surface area contributed by atoms with Crippen LogP contribution in [0.3, 0.4) is 0 Å². The average molecular weight is 344 g/mol. The van der Waals surface area contributed by atoms with Gasteiger partial charge in [-0.05, 0) is 36.4 Å². The molecule has 2 N–H and O–H groups in total. The third-order valence-corrected chi connectivity index (χ3v) is 4.95. The standard InChI is InChI=1S/C21H20N4O/c1-3-17(25-11-9-22-10-12-25)4-2-15(1)20-13-19-21(26-20)18(6-8-24-19)16-5-7-23-14-16/h1-8,13-14,22-23H,9-12H2. The summed E-state index contributed by atoms with van der Waals surface area (Å²) in [5, 5.41) is 3.39. The van der Waals surface area contributed by atoms with E-state index >= 15 is 0 Å². The minimum atomic E-state index is 0.827. The van der Waals surface area contributed by atoms with E-state index in [4.69, 9.17) is 4.42 Å². The Morgan fingerprint density at radius 1 is 0.962 bits per heavy atom. The van der Waals surface area contributed by atoms with Crippen molar-refractivity contribution in [1.29, 1.82) is 0 Å². The first kappa shape index (κ1) is 15.2. The van der Waals surface area contributed by atoms with E-state index in [2.05, 4.69) is 44.5 Å². The Labute approximate surface area is 151 Å². The number of fused-ring (bicyclic) bond motifs is 1. The molecule has 1 fully saturated rings. The van der Waals surface area contributed by atoms with Crippen molar-refractivity contribution in [3.8, 4) is 22.5 Å². The molecule has 0 atom stereocenters. The Bertz CT molecular complexity index is 1010. The van der Waals surface area contributed by atoms with Crippen molar-refractivity contribution < 1.29 is 4.42 Å². The van der Waals surface area contributed by atoms with Crippen LogP contribution in [0.5, 0.6) is 0 Å². The molecule has 5 nitrogen and oxygen atoms in total. The van der Waals surface area contributed by atoms with Crippen molar-refractivity contribution >= 4 is 16.8 Å². The maximum Gasteiger partial charge on any atom is 0.161 e. The number of H-pyrrole nitrogens is 1. The zero-order chi connectivity index (χ0) is 17.3. The third kappa shape index (κ3) is 2.66. The van der Waals surface area contributed by atoms with Crippen LogP contribution >= 0.6 is 0 Å². The normalized spacial score (nSPS) is 14.8. The number of aromatic nitrogens is 2. The second-order valence-electron chi connectivity index (χ2n) is 6.57. The Morgan fingerprint density at radius 3 is 2.58 bits per heavy atom. The molecule has 5 rings (SSSR count). The number of aromatic amines is 1. The monoisotopic (exact) mass is 344 g/mol. The molecule has 4 heterocycles. The minimum absolute atomic E-state index is 0.827. The van der Waals surface area contributed by atoms with Crippen LogP contribution in [0, 0.1) is 0 Å². The molecule has 1 aromatic carbocycles. The fourth-order valence-corrected chi connectivity index (χ4v) is 3.56. The molecule has 1 saturated heterocycles. The van der Waals surface area contributed by atoms with Gasteiger partial charge in [0, 0.05) is 73.2 Å². The number of pyridine rings is 1. The van der Waals surface area contributed by atoms with Gasteiger partial charge in [0.2, 0.25) is 0 Å². The Morgan fingerprint density at radius 2 is 1.81 bits per heavy atom. The summed E-state index contributed by atoms with van der Waals surface area (Å²) in [6.07, 6.45) is 5.72. The van der Waals surface area contributed by atoms with Gasteiger partial charge >= 0.3 is 0 Å². The van der Waals surface area contributed by atoms with E-state index in [1.54, 1.807) is 0 Å². The van der Waals surface area contributed by atoms with Crippen molar-refractivity contribution in [2.45, 2.75) is 0 Å². The van der Waals surface area contributed by atoms with E-state index in [1.165, 1.54) is 5.69 Å². The number of anilines is 1. The number of hydrogen-bond donors (Lipinski definition) is 2. The molecule has 4 aromatic rings. The highest BCUT2D eigenvalue weighted by molar-refractivity contribution is 5.92. The summed E-state index contributed by atoms with van der Waals surface area (Å²) in [6, 6.07) is 14.7. The van der Waals surface area contributed by atoms with Gasteiger partial charge in [-0.2, -0.15) is 0 Å². The van der Waals surface area contributed by atoms with Crippen LogP contribution in [-0.4, -0.2) is 36.1 Å². The number of nitrogens with one attached hydrogen (secondary N) is 2. The maximum absolute atomic E-state index is 6.19. The molecule has 0 bridgehead atoms. The Balaban J connectivity index is 1.50. The molecule has 130 valence electrons. The molecule has 0 saturated carbocycles. The summed E-state index contributed by atoms with van der Waals surface area (Å²) >= 11 is 0. The van der Waals surface area contributed by atoms with Gasteiger partial charge < -0.3 is 19.6 Å². The van der Waals surface area contributed by atoms with Gasteiger partial charge in [0.25, 0.3) is 0 Å². The smallest absolute Gasteiger partial charge is 0.161 e. The van der Waals surface area contributed by atoms with Crippen LogP contribution < -0.4 is 10.2 Å². The fraction of sp³-hybridized carbons (Fsp3) is 0.190. The van der Waals surface area contributed by atoms with E-state index in [0.29, 0.717) is 0 Å². The van der Waals surface area contributed by atoms with Crippen molar-refractivity contribution in [3.05, 3.63) is 61.1 Å². The van der Waals surface area contributed by atoms with E-state index in [0.717, 1.165) is 59.7 Å². The van der Waals surface area contributed by atoms with Gasteiger partial charge in [0.15, 0.2) is 5.58 Å². The molecule has 0 unspecified atom stereocenters. The number of furan rings is 1. The second kappa shape index (κ2) is 6.35. The lowest BCUT2D eigenvalue weighted by atomic mass is 10.1. The van der Waals surface area contributed by atoms with Gasteiger partial charge in [-0.3, -0.25) is 4.98 Å². The number of piperazine rings is 1. The summed E-state index contributed by atoms with van der Waals surface area (Å²) in [5.74, 6) is 0.849. The number of nitrogens with zero attached hydrogens (tertiary/aromatic N) is 2. The molecular weight excluding hydrogens is 324 g/mol. The summed E-state index contributed by atoms with van der Waals surface area (Å²) in [4.78, 5) is 9.97. The van der Waals surface area contributed by atoms with Gasteiger partial charge in [-0.25, -0.2) is 0 Å². The summed E-state index contributed by atoms with van der Waals surface area (Å²) in [5.41, 5.74) is 6.20. The van der Waals surface area contributed by atoms with Crippen LogP contribution in [0.25, 0.3) is 33.6 Å². The van der Waals surface area contributed by atoms with E-state index in [-0.39, 0.29) is 0 Å². The van der Waals surface area contributed by atoms with Crippen LogP contribution in [0.4, 0.5) is 5.69 Å². The molecule has 0 amide bonds. The van der Waals surface area contributed by atoms with E-state index in [1.807, 2.05) is 36.8 Å². The molecule has 0 radical (unpaired) electrons. The Kier molecular flexibility index (Phi) is 3.72. The lowest BCUT2D eigenvalue weighted by Gasteiger charge is -2.29. The first-order valence-corrected chi connectivity index (χ1v) is 8.96. The largest absolute Gasteiger partial charge is 0.454 e. The molecule has 1 aliphatic heterocycles. The number of hydrogen-bond acceptors (Lipinski definition) is 4. The predicted octanol–water partition coefficient (Wildman–Crippen LogP) is 3.90. The third-order valence-electron chi connectivity index (χ3n) is 4.95. The molecule has 1 aliphatic rings.